The molecule has 4 N–H and O–H groups in total. The summed E-state index contributed by atoms with van der Waals surface area (Å²) in [5, 5.41) is 11.4. The van der Waals surface area contributed by atoms with Crippen LogP contribution in [0.4, 0.5) is 0 Å². The number of imide groups is 2. The number of ether oxygens (including phenoxy) is 2. The maximum Gasteiger partial charge on any atom is 0.266 e. The number of nitrogens with zero attached hydrogens (tertiary/aromatic N) is 3. The fourth-order valence-corrected chi connectivity index (χ4v) is 10.5. The van der Waals surface area contributed by atoms with Gasteiger partial charge in [0.2, 0.25) is 33.7 Å². The van der Waals surface area contributed by atoms with Crippen molar-refractivity contribution in [2.75, 3.05) is 51.4 Å². The molecule has 20 heteroatoms. The summed E-state index contributed by atoms with van der Waals surface area (Å²) in [5.41, 5.74) is 2.15. The highest BCUT2D eigenvalue weighted by Gasteiger charge is 2.46. The van der Waals surface area contributed by atoms with E-state index in [9.17, 15) is 42.0 Å². The molecule has 5 aliphatic rings. The van der Waals surface area contributed by atoms with Gasteiger partial charge in [-0.05, 0) is 60.6 Å². The molecule has 0 aromatic heterocycles. The molecule has 5 atom stereocenters. The number of nitrogens with one attached hydrogen (secondary N) is 4. The van der Waals surface area contributed by atoms with Gasteiger partial charge in [0.15, 0.2) is 0 Å². The molecule has 3 aromatic carbocycles. The van der Waals surface area contributed by atoms with E-state index in [0.717, 1.165) is 28.0 Å². The Labute approximate surface area is 374 Å². The normalized spacial score (nSPS) is 23.1. The van der Waals surface area contributed by atoms with E-state index in [4.69, 9.17) is 9.47 Å². The summed E-state index contributed by atoms with van der Waals surface area (Å²) >= 11 is 1.54. The first-order chi connectivity index (χ1) is 30.7. The lowest BCUT2D eigenvalue weighted by atomic mass is 9.95. The maximum absolute atomic E-state index is 13.6. The van der Waals surface area contributed by atoms with Gasteiger partial charge < -0.3 is 25.0 Å². The number of rotatable bonds is 16. The van der Waals surface area contributed by atoms with E-state index in [1.54, 1.807) is 41.3 Å². The van der Waals surface area contributed by atoms with Crippen LogP contribution >= 0.6 is 11.8 Å². The minimum absolute atomic E-state index is 0.0237. The summed E-state index contributed by atoms with van der Waals surface area (Å²) in [7, 11) is -3.46. The van der Waals surface area contributed by atoms with Gasteiger partial charge in [0.25, 0.3) is 17.7 Å². The third kappa shape index (κ3) is 10.00. The minimum Gasteiger partial charge on any atom is -0.493 e. The number of hydrogen-bond donors (Lipinski definition) is 4. The molecular formula is C44H49N7O11S2. The topological polar surface area (TPSA) is 230 Å². The van der Waals surface area contributed by atoms with Gasteiger partial charge in [-0.1, -0.05) is 48.5 Å². The molecule has 4 fully saturated rings. The third-order valence-corrected chi connectivity index (χ3v) is 14.5. The van der Waals surface area contributed by atoms with Gasteiger partial charge in [0.05, 0.1) is 43.1 Å². The second kappa shape index (κ2) is 19.2. The molecule has 0 spiro atoms. The van der Waals surface area contributed by atoms with Crippen LogP contribution in [0.5, 0.6) is 5.75 Å². The van der Waals surface area contributed by atoms with Crippen LogP contribution in [0.25, 0.3) is 0 Å². The molecule has 5 aliphatic heterocycles. The summed E-state index contributed by atoms with van der Waals surface area (Å²) in [6, 6.07) is 19.4. The summed E-state index contributed by atoms with van der Waals surface area (Å²) in [6.45, 7) is 1.45. The van der Waals surface area contributed by atoms with Gasteiger partial charge in [-0.2, -0.15) is 0 Å². The Hall–Kier alpha value is -5.67. The molecule has 7 amide bonds. The highest BCUT2D eigenvalue weighted by Crippen LogP contribution is 2.34. The highest BCUT2D eigenvalue weighted by molar-refractivity contribution is 8.00. The average molecular weight is 916 g/mol. The van der Waals surface area contributed by atoms with Crippen molar-refractivity contribution in [2.45, 2.75) is 55.9 Å². The largest absolute Gasteiger partial charge is 0.493 e. The van der Waals surface area contributed by atoms with E-state index < -0.39 is 69.0 Å². The molecule has 0 aliphatic carbocycles. The van der Waals surface area contributed by atoms with Crippen LogP contribution in [-0.4, -0.2) is 133 Å². The van der Waals surface area contributed by atoms with Crippen LogP contribution in [0.15, 0.2) is 72.8 Å². The molecule has 338 valence electrons. The molecule has 0 radical (unpaired) electrons. The van der Waals surface area contributed by atoms with Crippen molar-refractivity contribution in [1.82, 2.24) is 35.4 Å². The Morgan fingerprint density at radius 2 is 1.69 bits per heavy atom. The van der Waals surface area contributed by atoms with Crippen molar-refractivity contribution in [1.29, 1.82) is 0 Å². The van der Waals surface area contributed by atoms with Crippen LogP contribution < -0.4 is 26.0 Å². The molecule has 4 unspecified atom stereocenters. The number of carbonyl (C=O) groups is 7. The fourth-order valence-electron chi connectivity index (χ4n) is 8.46. The van der Waals surface area contributed by atoms with Crippen LogP contribution in [0.1, 0.15) is 73.9 Å². The first-order valence-corrected chi connectivity index (χ1v) is 24.0. The van der Waals surface area contributed by atoms with E-state index >= 15 is 0 Å². The standard InChI is InChI=1S/C44H49N7O11S2/c1-64(59,60)50-18-16-30(22-50)38(53)45-32(39(54)48-44-46-33(25-63-44)28-6-3-2-4-7-28)24-61-23-26-10-12-29(13-11-26)41(56)49-20-27(21-49)17-19-62-35-9-5-8-31-37(35)43(58)51(42(31)57)34-14-15-36(52)47-40(34)55/h2-13,27,30,32-34,44,46H,14-25H2,1H3,(H,45,53)(H,48,54)(H,47,52,55)/t30?,32-,33?,34?,44?/m0/s1. The van der Waals surface area contributed by atoms with E-state index in [1.807, 2.05) is 30.3 Å². The van der Waals surface area contributed by atoms with Crippen LogP contribution in [-0.2, 0) is 40.5 Å². The van der Waals surface area contributed by atoms with E-state index in [1.165, 1.54) is 22.1 Å². The summed E-state index contributed by atoms with van der Waals surface area (Å²) in [6.07, 6.45) is 2.11. The summed E-state index contributed by atoms with van der Waals surface area (Å²) in [4.78, 5) is 93.4. The number of likely N-dealkylation sites (tertiary alicyclic amines) is 1. The van der Waals surface area contributed by atoms with Gasteiger partial charge in [-0.15, -0.1) is 11.8 Å². The van der Waals surface area contributed by atoms with Gasteiger partial charge in [-0.25, -0.2) is 12.7 Å². The molecule has 0 saturated carbocycles. The summed E-state index contributed by atoms with van der Waals surface area (Å²) < 4.78 is 37.3. The molecule has 64 heavy (non-hydrogen) atoms. The first kappa shape index (κ1) is 44.9. The predicted octanol–water partition coefficient (Wildman–Crippen LogP) is 1.39. The average Bonchev–Trinajstić information content (AvgIpc) is 4.01. The van der Waals surface area contributed by atoms with Gasteiger partial charge in [-0.3, -0.25) is 49.1 Å². The minimum atomic E-state index is -3.46. The Morgan fingerprint density at radius 3 is 2.41 bits per heavy atom. The zero-order valence-corrected chi connectivity index (χ0v) is 36.7. The van der Waals surface area contributed by atoms with Crippen LogP contribution in [0.2, 0.25) is 0 Å². The second-order valence-corrected chi connectivity index (χ2v) is 19.7. The lowest BCUT2D eigenvalue weighted by Crippen LogP contribution is -2.54. The molecule has 18 nitrogen and oxygen atoms in total. The van der Waals surface area contributed by atoms with Crippen LogP contribution in [0.3, 0.4) is 0 Å². The molecule has 0 bridgehead atoms. The number of piperidine rings is 1. The Bertz CT molecular complexity index is 2430. The van der Waals surface area contributed by atoms with Gasteiger partial charge >= 0.3 is 0 Å². The van der Waals surface area contributed by atoms with Crippen molar-refractivity contribution in [3.8, 4) is 5.75 Å². The Kier molecular flexibility index (Phi) is 13.5. The zero-order chi connectivity index (χ0) is 45.1. The number of hydrogen-bond acceptors (Lipinski definition) is 13. The number of fused-ring (bicyclic) bond motifs is 1. The van der Waals surface area contributed by atoms with Crippen molar-refractivity contribution >= 4 is 63.1 Å². The van der Waals surface area contributed by atoms with Gasteiger partial charge in [0.1, 0.15) is 23.3 Å². The number of benzene rings is 3. The zero-order valence-electron chi connectivity index (χ0n) is 35.0. The number of carbonyl (C=O) groups excluding carboxylic acids is 7. The lowest BCUT2D eigenvalue weighted by molar-refractivity contribution is -0.136. The smallest absolute Gasteiger partial charge is 0.266 e. The van der Waals surface area contributed by atoms with Crippen molar-refractivity contribution < 1.29 is 51.5 Å². The van der Waals surface area contributed by atoms with E-state index in [-0.39, 0.29) is 80.5 Å². The molecule has 5 heterocycles. The maximum atomic E-state index is 13.6. The Balaban J connectivity index is 0.798. The monoisotopic (exact) mass is 915 g/mol. The number of thioether (sulfide) groups is 1. The molecular weight excluding hydrogens is 867 g/mol. The van der Waals surface area contributed by atoms with E-state index in [2.05, 4.69) is 21.3 Å². The fraction of sp³-hybridized carbons (Fsp3) is 0.432. The number of sulfonamides is 1. The SMILES string of the molecule is CS(=O)(=O)N1CCC(C(=O)N[C@@H](COCc2ccc(C(=O)N3CC(CCOc4cccc5c4C(=O)N(C4CCC(=O)NC4=O)C5=O)C3)cc2)C(=O)NC2NC(c3ccccc3)CS2)C1. The first-order valence-electron chi connectivity index (χ1n) is 21.2. The molecule has 4 saturated heterocycles. The third-order valence-electron chi connectivity index (χ3n) is 12.1. The predicted molar refractivity (Wildman–Crippen MR) is 232 cm³/mol. The summed E-state index contributed by atoms with van der Waals surface area (Å²) in [5.74, 6) is -2.89. The van der Waals surface area contributed by atoms with Crippen molar-refractivity contribution in [2.24, 2.45) is 11.8 Å². The highest BCUT2D eigenvalue weighted by atomic mass is 32.2. The van der Waals surface area contributed by atoms with Gasteiger partial charge in [0, 0.05) is 50.0 Å². The number of amides is 7. The van der Waals surface area contributed by atoms with E-state index in [0.29, 0.717) is 31.5 Å². The van der Waals surface area contributed by atoms with Crippen molar-refractivity contribution in [3.05, 3.63) is 101 Å². The van der Waals surface area contributed by atoms with Crippen molar-refractivity contribution in [3.63, 3.8) is 0 Å². The Morgan fingerprint density at radius 1 is 0.922 bits per heavy atom. The lowest BCUT2D eigenvalue weighted by Gasteiger charge is -2.39. The quantitative estimate of drug-likeness (QED) is 0.149. The molecule has 3 aromatic rings. The van der Waals surface area contributed by atoms with Crippen LogP contribution in [0, 0.1) is 11.8 Å². The second-order valence-electron chi connectivity index (χ2n) is 16.6. The molecule has 8 rings (SSSR count).